The Labute approximate surface area is 147 Å². The normalized spacial score (nSPS) is 13.4. The van der Waals surface area contributed by atoms with E-state index in [-0.39, 0.29) is 24.6 Å². The Morgan fingerprint density at radius 2 is 2.04 bits per heavy atom. The number of ether oxygens (including phenoxy) is 2. The number of amides is 1. The number of hydrogen-bond donors (Lipinski definition) is 0. The molecule has 0 atom stereocenters. The number of hydrogen-bond acceptors (Lipinski definition) is 4. The van der Waals surface area contributed by atoms with Crippen LogP contribution in [0, 0.1) is 6.92 Å². The number of rotatable bonds is 4. The van der Waals surface area contributed by atoms with E-state index in [2.05, 4.69) is 0 Å². The number of anilines is 1. The molecule has 5 nitrogen and oxygen atoms in total. The summed E-state index contributed by atoms with van der Waals surface area (Å²) in [6, 6.07) is 12.9. The minimum Gasteiger partial charge on any atom is -0.482 e. The fourth-order valence-electron chi connectivity index (χ4n) is 2.75. The van der Waals surface area contributed by atoms with Gasteiger partial charge in [0.25, 0.3) is 5.91 Å². The van der Waals surface area contributed by atoms with Crippen LogP contribution in [0.4, 0.5) is 5.69 Å². The largest absolute Gasteiger partial charge is 0.482 e. The zero-order valence-corrected chi connectivity index (χ0v) is 14.6. The molecule has 3 rings (SSSR count). The molecule has 1 aliphatic rings. The highest BCUT2D eigenvalue weighted by Crippen LogP contribution is 2.33. The topological polar surface area (TPSA) is 55.8 Å². The third-order valence-electron chi connectivity index (χ3n) is 3.90. The van der Waals surface area contributed by atoms with Crippen molar-refractivity contribution in [2.75, 3.05) is 11.5 Å². The van der Waals surface area contributed by atoms with Gasteiger partial charge in [-0.25, -0.2) is 4.79 Å². The van der Waals surface area contributed by atoms with Crippen LogP contribution in [0.25, 0.3) is 0 Å². The van der Waals surface area contributed by atoms with Crippen molar-refractivity contribution in [3.63, 3.8) is 0 Å². The molecule has 2 aromatic rings. The van der Waals surface area contributed by atoms with Gasteiger partial charge < -0.3 is 14.4 Å². The Balaban J connectivity index is 1.86. The van der Waals surface area contributed by atoms with Crippen LogP contribution < -0.4 is 9.64 Å². The maximum atomic E-state index is 12.3. The monoisotopic (exact) mass is 339 g/mol. The van der Waals surface area contributed by atoms with Crippen LogP contribution in [0.5, 0.6) is 5.75 Å². The van der Waals surface area contributed by atoms with Crippen LogP contribution in [0.1, 0.15) is 35.3 Å². The SMILES string of the molecule is Cc1ccc2c(c1)N(Cc1cccc(C(=O)OC(C)C)c1)C(=O)CO2. The van der Waals surface area contributed by atoms with Gasteiger partial charge in [0.2, 0.25) is 0 Å². The summed E-state index contributed by atoms with van der Waals surface area (Å²) in [6.45, 7) is 5.99. The first-order chi connectivity index (χ1) is 11.9. The third kappa shape index (κ3) is 3.82. The minimum absolute atomic E-state index is 0.0190. The Hall–Kier alpha value is -2.82. The summed E-state index contributed by atoms with van der Waals surface area (Å²) < 4.78 is 10.7. The minimum atomic E-state index is -0.360. The van der Waals surface area contributed by atoms with Gasteiger partial charge in [0.1, 0.15) is 5.75 Å². The molecule has 130 valence electrons. The molecule has 0 aromatic heterocycles. The summed E-state index contributed by atoms with van der Waals surface area (Å²) in [5.41, 5.74) is 3.15. The predicted molar refractivity (Wildman–Crippen MR) is 94.9 cm³/mol. The zero-order chi connectivity index (χ0) is 18.0. The Morgan fingerprint density at radius 3 is 2.80 bits per heavy atom. The Morgan fingerprint density at radius 1 is 1.24 bits per heavy atom. The summed E-state index contributed by atoms with van der Waals surface area (Å²) in [6.07, 6.45) is -0.174. The van der Waals surface area contributed by atoms with E-state index in [1.54, 1.807) is 23.1 Å². The molecule has 1 heterocycles. The van der Waals surface area contributed by atoms with Gasteiger partial charge in [-0.05, 0) is 56.2 Å². The average Bonchev–Trinajstić information content (AvgIpc) is 2.57. The highest BCUT2D eigenvalue weighted by atomic mass is 16.5. The highest BCUT2D eigenvalue weighted by Gasteiger charge is 2.25. The summed E-state index contributed by atoms with van der Waals surface area (Å²) in [7, 11) is 0. The standard InChI is InChI=1S/C20H21NO4/c1-13(2)25-20(23)16-6-4-5-15(10-16)11-21-17-9-14(3)7-8-18(17)24-12-19(21)22/h4-10,13H,11-12H2,1-3H3. The fourth-order valence-corrected chi connectivity index (χ4v) is 2.75. The lowest BCUT2D eigenvalue weighted by Gasteiger charge is -2.29. The number of aryl methyl sites for hydroxylation is 1. The van der Waals surface area contributed by atoms with Crippen molar-refractivity contribution in [2.24, 2.45) is 0 Å². The van der Waals surface area contributed by atoms with Gasteiger partial charge in [0, 0.05) is 0 Å². The highest BCUT2D eigenvalue weighted by molar-refractivity contribution is 5.98. The molecular weight excluding hydrogens is 318 g/mol. The van der Waals surface area contributed by atoms with E-state index in [9.17, 15) is 9.59 Å². The van der Waals surface area contributed by atoms with Gasteiger partial charge >= 0.3 is 5.97 Å². The van der Waals surface area contributed by atoms with Crippen molar-refractivity contribution in [3.8, 4) is 5.75 Å². The number of nitrogens with zero attached hydrogens (tertiary/aromatic N) is 1. The van der Waals surface area contributed by atoms with Crippen molar-refractivity contribution in [1.82, 2.24) is 0 Å². The summed E-state index contributed by atoms with van der Waals surface area (Å²) >= 11 is 0. The molecule has 2 aromatic carbocycles. The number of carbonyl (C=O) groups is 2. The Kier molecular flexibility index (Phi) is 4.74. The number of fused-ring (bicyclic) bond motifs is 1. The van der Waals surface area contributed by atoms with Crippen molar-refractivity contribution < 1.29 is 19.1 Å². The van der Waals surface area contributed by atoms with Crippen LogP contribution in [0.15, 0.2) is 42.5 Å². The molecule has 0 radical (unpaired) electrons. The summed E-state index contributed by atoms with van der Waals surface area (Å²) in [5.74, 6) is 0.232. The van der Waals surface area contributed by atoms with Crippen molar-refractivity contribution in [2.45, 2.75) is 33.4 Å². The van der Waals surface area contributed by atoms with Gasteiger partial charge in [-0.2, -0.15) is 0 Å². The molecule has 25 heavy (non-hydrogen) atoms. The first kappa shape index (κ1) is 17.0. The molecule has 0 saturated heterocycles. The van der Waals surface area contributed by atoms with E-state index in [0.29, 0.717) is 17.9 Å². The van der Waals surface area contributed by atoms with Gasteiger partial charge in [-0.3, -0.25) is 4.79 Å². The lowest BCUT2D eigenvalue weighted by atomic mass is 10.1. The van der Waals surface area contributed by atoms with Crippen LogP contribution in [-0.2, 0) is 16.1 Å². The van der Waals surface area contributed by atoms with E-state index in [1.165, 1.54) is 0 Å². The quantitative estimate of drug-likeness (QED) is 0.800. The zero-order valence-electron chi connectivity index (χ0n) is 14.6. The van der Waals surface area contributed by atoms with E-state index in [1.807, 2.05) is 45.0 Å². The maximum Gasteiger partial charge on any atom is 0.338 e. The van der Waals surface area contributed by atoms with Crippen LogP contribution in [0.2, 0.25) is 0 Å². The van der Waals surface area contributed by atoms with Crippen molar-refractivity contribution in [1.29, 1.82) is 0 Å². The summed E-state index contributed by atoms with van der Waals surface area (Å²) in [4.78, 5) is 26.1. The van der Waals surface area contributed by atoms with Crippen molar-refractivity contribution >= 4 is 17.6 Å². The molecule has 0 aliphatic carbocycles. The average molecular weight is 339 g/mol. The van der Waals surface area contributed by atoms with E-state index < -0.39 is 0 Å². The molecule has 5 heteroatoms. The smallest absolute Gasteiger partial charge is 0.338 e. The first-order valence-corrected chi connectivity index (χ1v) is 8.28. The second kappa shape index (κ2) is 6.97. The molecule has 0 spiro atoms. The second-order valence-corrected chi connectivity index (χ2v) is 6.39. The Bertz CT molecular complexity index is 813. The lowest BCUT2D eigenvalue weighted by Crippen LogP contribution is -2.38. The number of benzene rings is 2. The molecular formula is C20H21NO4. The number of esters is 1. The molecule has 0 unspecified atom stereocenters. The fraction of sp³-hybridized carbons (Fsp3) is 0.300. The van der Waals surface area contributed by atoms with E-state index in [4.69, 9.17) is 9.47 Å². The van der Waals surface area contributed by atoms with Crippen molar-refractivity contribution in [3.05, 3.63) is 59.2 Å². The van der Waals surface area contributed by atoms with E-state index in [0.717, 1.165) is 16.8 Å². The second-order valence-electron chi connectivity index (χ2n) is 6.39. The first-order valence-electron chi connectivity index (χ1n) is 8.28. The molecule has 1 aliphatic heterocycles. The predicted octanol–water partition coefficient (Wildman–Crippen LogP) is 3.49. The van der Waals surface area contributed by atoms with Gasteiger partial charge in [0.15, 0.2) is 6.61 Å². The van der Waals surface area contributed by atoms with Crippen LogP contribution in [0.3, 0.4) is 0 Å². The third-order valence-corrected chi connectivity index (χ3v) is 3.90. The number of carbonyl (C=O) groups excluding carboxylic acids is 2. The molecule has 0 bridgehead atoms. The molecule has 1 amide bonds. The molecule has 0 saturated carbocycles. The lowest BCUT2D eigenvalue weighted by molar-refractivity contribution is -0.121. The van der Waals surface area contributed by atoms with Crippen LogP contribution in [-0.4, -0.2) is 24.6 Å². The van der Waals surface area contributed by atoms with Crippen LogP contribution >= 0.6 is 0 Å². The van der Waals surface area contributed by atoms with E-state index >= 15 is 0 Å². The summed E-state index contributed by atoms with van der Waals surface area (Å²) in [5, 5.41) is 0. The van der Waals surface area contributed by atoms with Gasteiger partial charge in [-0.1, -0.05) is 18.2 Å². The van der Waals surface area contributed by atoms with Gasteiger partial charge in [-0.15, -0.1) is 0 Å². The van der Waals surface area contributed by atoms with Gasteiger partial charge in [0.05, 0.1) is 23.9 Å². The molecule has 0 fully saturated rings. The maximum absolute atomic E-state index is 12.3. The molecule has 0 N–H and O–H groups in total.